The SMILES string of the molecule is Cc1cccc(CCC(C)NCC(C2CC2)C2CC2)c1. The van der Waals surface area contributed by atoms with E-state index in [0.717, 1.165) is 17.8 Å². The van der Waals surface area contributed by atoms with Crippen LogP contribution in [0.15, 0.2) is 24.3 Å². The molecule has 3 rings (SSSR count). The van der Waals surface area contributed by atoms with Gasteiger partial charge in [-0.1, -0.05) is 29.8 Å². The Morgan fingerprint density at radius 3 is 2.45 bits per heavy atom. The Morgan fingerprint density at radius 2 is 1.85 bits per heavy atom. The predicted octanol–water partition coefficient (Wildman–Crippen LogP) is 4.34. The molecule has 1 aromatic rings. The third kappa shape index (κ3) is 4.09. The number of benzene rings is 1. The Kier molecular flexibility index (Phi) is 4.45. The molecule has 0 spiro atoms. The molecule has 1 N–H and O–H groups in total. The second kappa shape index (κ2) is 6.30. The van der Waals surface area contributed by atoms with E-state index in [0.29, 0.717) is 6.04 Å². The molecule has 0 saturated heterocycles. The minimum Gasteiger partial charge on any atom is -0.314 e. The lowest BCUT2D eigenvalue weighted by molar-refractivity contribution is 0.354. The first-order chi connectivity index (χ1) is 9.72. The van der Waals surface area contributed by atoms with Gasteiger partial charge in [0.2, 0.25) is 0 Å². The van der Waals surface area contributed by atoms with Gasteiger partial charge in [-0.15, -0.1) is 0 Å². The fraction of sp³-hybridized carbons (Fsp3) is 0.684. The summed E-state index contributed by atoms with van der Waals surface area (Å²) in [5.41, 5.74) is 2.87. The average molecular weight is 271 g/mol. The lowest BCUT2D eigenvalue weighted by Gasteiger charge is -2.20. The number of hydrogen-bond acceptors (Lipinski definition) is 1. The van der Waals surface area contributed by atoms with Gasteiger partial charge in [-0.05, 0) is 82.2 Å². The van der Waals surface area contributed by atoms with Crippen LogP contribution in [0.3, 0.4) is 0 Å². The van der Waals surface area contributed by atoms with Crippen molar-refractivity contribution in [2.24, 2.45) is 17.8 Å². The zero-order valence-corrected chi connectivity index (χ0v) is 13.1. The van der Waals surface area contributed by atoms with Crippen LogP contribution in [-0.2, 0) is 6.42 Å². The third-order valence-corrected chi connectivity index (χ3v) is 5.11. The van der Waals surface area contributed by atoms with Gasteiger partial charge in [-0.25, -0.2) is 0 Å². The minimum absolute atomic E-state index is 0.649. The lowest BCUT2D eigenvalue weighted by Crippen LogP contribution is -2.33. The zero-order valence-electron chi connectivity index (χ0n) is 13.1. The van der Waals surface area contributed by atoms with E-state index < -0.39 is 0 Å². The molecule has 1 unspecified atom stereocenters. The summed E-state index contributed by atoms with van der Waals surface area (Å²) < 4.78 is 0. The van der Waals surface area contributed by atoms with E-state index in [9.17, 15) is 0 Å². The minimum atomic E-state index is 0.649. The van der Waals surface area contributed by atoms with Crippen molar-refractivity contribution in [2.45, 2.75) is 58.4 Å². The number of rotatable bonds is 8. The second-order valence-electron chi connectivity index (χ2n) is 7.18. The maximum atomic E-state index is 3.81. The van der Waals surface area contributed by atoms with E-state index in [-0.39, 0.29) is 0 Å². The van der Waals surface area contributed by atoms with Gasteiger partial charge in [0.25, 0.3) is 0 Å². The van der Waals surface area contributed by atoms with Gasteiger partial charge < -0.3 is 5.32 Å². The third-order valence-electron chi connectivity index (χ3n) is 5.11. The quantitative estimate of drug-likeness (QED) is 0.741. The van der Waals surface area contributed by atoms with Crippen molar-refractivity contribution in [3.63, 3.8) is 0 Å². The van der Waals surface area contributed by atoms with Crippen LogP contribution in [0.2, 0.25) is 0 Å². The highest BCUT2D eigenvalue weighted by Gasteiger charge is 2.40. The number of aryl methyl sites for hydroxylation is 2. The van der Waals surface area contributed by atoms with Crippen molar-refractivity contribution in [3.05, 3.63) is 35.4 Å². The molecule has 0 aliphatic heterocycles. The summed E-state index contributed by atoms with van der Waals surface area (Å²) in [4.78, 5) is 0. The molecule has 20 heavy (non-hydrogen) atoms. The summed E-state index contributed by atoms with van der Waals surface area (Å²) in [7, 11) is 0. The van der Waals surface area contributed by atoms with Crippen LogP contribution in [0, 0.1) is 24.7 Å². The Bertz CT molecular complexity index is 419. The maximum Gasteiger partial charge on any atom is 0.00420 e. The van der Waals surface area contributed by atoms with Crippen LogP contribution in [0.5, 0.6) is 0 Å². The van der Waals surface area contributed by atoms with Gasteiger partial charge in [0, 0.05) is 6.04 Å². The molecular weight excluding hydrogens is 242 g/mol. The van der Waals surface area contributed by atoms with E-state index in [1.165, 1.54) is 56.2 Å². The molecule has 1 aromatic carbocycles. The second-order valence-corrected chi connectivity index (χ2v) is 7.18. The first-order valence-corrected chi connectivity index (χ1v) is 8.51. The first kappa shape index (κ1) is 14.1. The lowest BCUT2D eigenvalue weighted by atomic mass is 9.97. The van der Waals surface area contributed by atoms with Crippen molar-refractivity contribution in [2.75, 3.05) is 6.54 Å². The highest BCUT2D eigenvalue weighted by atomic mass is 14.9. The molecule has 0 aromatic heterocycles. The highest BCUT2D eigenvalue weighted by Crippen LogP contribution is 2.48. The molecule has 2 fully saturated rings. The smallest absolute Gasteiger partial charge is 0.00420 e. The van der Waals surface area contributed by atoms with Crippen molar-refractivity contribution in [1.29, 1.82) is 0 Å². The van der Waals surface area contributed by atoms with Gasteiger partial charge >= 0.3 is 0 Å². The number of hydrogen-bond donors (Lipinski definition) is 1. The van der Waals surface area contributed by atoms with Crippen LogP contribution >= 0.6 is 0 Å². The van der Waals surface area contributed by atoms with E-state index in [1.54, 1.807) is 0 Å². The molecule has 0 radical (unpaired) electrons. The average Bonchev–Trinajstić information content (AvgIpc) is 3.29. The van der Waals surface area contributed by atoms with Crippen LogP contribution in [0.4, 0.5) is 0 Å². The summed E-state index contributed by atoms with van der Waals surface area (Å²) >= 11 is 0. The van der Waals surface area contributed by atoms with Gasteiger partial charge in [-0.3, -0.25) is 0 Å². The molecule has 0 bridgehead atoms. The molecule has 2 aliphatic rings. The predicted molar refractivity (Wildman–Crippen MR) is 85.9 cm³/mol. The van der Waals surface area contributed by atoms with E-state index >= 15 is 0 Å². The van der Waals surface area contributed by atoms with Crippen LogP contribution < -0.4 is 5.32 Å². The van der Waals surface area contributed by atoms with Gasteiger partial charge in [0.05, 0.1) is 0 Å². The normalized spacial score (nSPS) is 20.4. The summed E-state index contributed by atoms with van der Waals surface area (Å²) in [6.45, 7) is 5.80. The summed E-state index contributed by atoms with van der Waals surface area (Å²) in [6.07, 6.45) is 8.46. The summed E-state index contributed by atoms with van der Waals surface area (Å²) in [6, 6.07) is 9.59. The van der Waals surface area contributed by atoms with Crippen molar-refractivity contribution in [3.8, 4) is 0 Å². The Balaban J connectivity index is 1.39. The van der Waals surface area contributed by atoms with Crippen molar-refractivity contribution in [1.82, 2.24) is 5.32 Å². The van der Waals surface area contributed by atoms with Crippen molar-refractivity contribution < 1.29 is 0 Å². The van der Waals surface area contributed by atoms with Gasteiger partial charge in [-0.2, -0.15) is 0 Å². The zero-order chi connectivity index (χ0) is 13.9. The van der Waals surface area contributed by atoms with E-state index in [4.69, 9.17) is 0 Å². The number of nitrogens with one attached hydrogen (secondary N) is 1. The largest absolute Gasteiger partial charge is 0.314 e. The molecule has 0 heterocycles. The standard InChI is InChI=1S/C19H29N/c1-14-4-3-5-16(12-14)7-6-15(2)20-13-19(17-8-9-17)18-10-11-18/h3-5,12,15,17-20H,6-11,13H2,1-2H3. The topological polar surface area (TPSA) is 12.0 Å². The van der Waals surface area contributed by atoms with Crippen LogP contribution in [0.1, 0.15) is 50.2 Å². The molecule has 1 heteroatoms. The molecule has 1 nitrogen and oxygen atoms in total. The van der Waals surface area contributed by atoms with Crippen molar-refractivity contribution >= 4 is 0 Å². The van der Waals surface area contributed by atoms with Gasteiger partial charge in [0.1, 0.15) is 0 Å². The first-order valence-electron chi connectivity index (χ1n) is 8.51. The fourth-order valence-electron chi connectivity index (χ4n) is 3.46. The Hall–Kier alpha value is -0.820. The van der Waals surface area contributed by atoms with E-state index in [1.807, 2.05) is 0 Å². The molecule has 2 saturated carbocycles. The van der Waals surface area contributed by atoms with E-state index in [2.05, 4.69) is 43.4 Å². The summed E-state index contributed by atoms with van der Waals surface area (Å²) in [5, 5.41) is 3.81. The summed E-state index contributed by atoms with van der Waals surface area (Å²) in [5.74, 6) is 3.13. The molecule has 1 atom stereocenters. The maximum absolute atomic E-state index is 3.81. The highest BCUT2D eigenvalue weighted by molar-refractivity contribution is 5.22. The Labute approximate surface area is 124 Å². The van der Waals surface area contributed by atoms with Crippen LogP contribution in [0.25, 0.3) is 0 Å². The molecule has 110 valence electrons. The monoisotopic (exact) mass is 271 g/mol. The molecule has 0 amide bonds. The Morgan fingerprint density at radius 1 is 1.15 bits per heavy atom. The molecular formula is C19H29N. The fourth-order valence-corrected chi connectivity index (χ4v) is 3.46. The van der Waals surface area contributed by atoms with Gasteiger partial charge in [0.15, 0.2) is 0 Å². The molecule has 2 aliphatic carbocycles. The van der Waals surface area contributed by atoms with Crippen LogP contribution in [-0.4, -0.2) is 12.6 Å².